The zero-order valence-corrected chi connectivity index (χ0v) is 18.5. The molecule has 2 aliphatic rings. The zero-order valence-electron chi connectivity index (χ0n) is 18.5. The molecule has 0 bridgehead atoms. The van der Waals surface area contributed by atoms with Crippen molar-refractivity contribution in [1.82, 2.24) is 15.1 Å². The monoisotopic (exact) mass is 435 g/mol. The molecule has 0 unspecified atom stereocenters. The molecule has 2 aromatic carbocycles. The second-order valence-corrected chi connectivity index (χ2v) is 8.57. The minimum absolute atomic E-state index is 0.124. The number of nitrogens with one attached hydrogen (secondary N) is 1. The van der Waals surface area contributed by atoms with E-state index in [1.54, 1.807) is 48.5 Å². The van der Waals surface area contributed by atoms with Gasteiger partial charge in [-0.05, 0) is 50.1 Å². The van der Waals surface area contributed by atoms with Crippen LogP contribution in [0.3, 0.4) is 0 Å². The summed E-state index contributed by atoms with van der Waals surface area (Å²) in [5.41, 5.74) is 2.24. The van der Waals surface area contributed by atoms with Gasteiger partial charge in [-0.3, -0.25) is 24.2 Å². The van der Waals surface area contributed by atoms with Crippen LogP contribution in [0.1, 0.15) is 56.9 Å². The smallest absolute Gasteiger partial charge is 0.261 e. The molecule has 2 aromatic rings. The maximum absolute atomic E-state index is 12.5. The number of hydrogen-bond acceptors (Lipinski definition) is 5. The van der Waals surface area contributed by atoms with Gasteiger partial charge in [0.25, 0.3) is 17.7 Å². The molecule has 0 radical (unpaired) electrons. The predicted octanol–water partition coefficient (Wildman–Crippen LogP) is 2.71. The molecule has 7 nitrogen and oxygen atoms in total. The van der Waals surface area contributed by atoms with Crippen LogP contribution in [0.2, 0.25) is 0 Å². The van der Waals surface area contributed by atoms with E-state index in [-0.39, 0.29) is 36.5 Å². The number of benzene rings is 2. The van der Waals surface area contributed by atoms with Gasteiger partial charge in [-0.1, -0.05) is 24.3 Å². The van der Waals surface area contributed by atoms with Crippen molar-refractivity contribution in [3.63, 3.8) is 0 Å². The third kappa shape index (κ3) is 4.89. The number of imide groups is 1. The highest BCUT2D eigenvalue weighted by Gasteiger charge is 2.34. The number of nitrogens with zero attached hydrogens (tertiary/aromatic N) is 2. The van der Waals surface area contributed by atoms with Crippen LogP contribution in [0.25, 0.3) is 0 Å². The van der Waals surface area contributed by atoms with Crippen LogP contribution in [0, 0.1) is 0 Å². The molecule has 2 aliphatic heterocycles. The first-order valence-electron chi connectivity index (χ1n) is 11.1. The Balaban J connectivity index is 1.25. The van der Waals surface area contributed by atoms with E-state index < -0.39 is 0 Å². The van der Waals surface area contributed by atoms with Crippen LogP contribution in [0.4, 0.5) is 0 Å². The minimum Gasteiger partial charge on any atom is -0.373 e. The van der Waals surface area contributed by atoms with E-state index in [1.807, 2.05) is 0 Å². The Morgan fingerprint density at radius 2 is 1.56 bits per heavy atom. The normalized spacial score (nSPS) is 21.0. The molecule has 7 heteroatoms. The topological polar surface area (TPSA) is 79.0 Å². The zero-order chi connectivity index (χ0) is 22.7. The second kappa shape index (κ2) is 9.63. The predicted molar refractivity (Wildman–Crippen MR) is 120 cm³/mol. The van der Waals surface area contributed by atoms with Gasteiger partial charge in [0.15, 0.2) is 0 Å². The Morgan fingerprint density at radius 1 is 0.969 bits per heavy atom. The van der Waals surface area contributed by atoms with Crippen LogP contribution >= 0.6 is 0 Å². The van der Waals surface area contributed by atoms with E-state index in [4.69, 9.17) is 4.74 Å². The SMILES string of the molecule is C[C@H]1CN(CCCNC(=O)c2ccc(CN3C(=O)c4ccccc4C3=O)cc2)C[C@H](C)O1. The van der Waals surface area contributed by atoms with Crippen molar-refractivity contribution in [2.45, 2.75) is 39.0 Å². The van der Waals surface area contributed by atoms with Crippen molar-refractivity contribution >= 4 is 17.7 Å². The summed E-state index contributed by atoms with van der Waals surface area (Å²) < 4.78 is 5.75. The van der Waals surface area contributed by atoms with Gasteiger partial charge in [0.05, 0.1) is 29.9 Å². The van der Waals surface area contributed by atoms with Gasteiger partial charge in [-0.25, -0.2) is 0 Å². The number of amides is 3. The molecule has 0 aliphatic carbocycles. The molecule has 168 valence electrons. The second-order valence-electron chi connectivity index (χ2n) is 8.57. The van der Waals surface area contributed by atoms with Crippen LogP contribution in [-0.4, -0.2) is 65.9 Å². The first-order chi connectivity index (χ1) is 15.4. The number of ether oxygens (including phenoxy) is 1. The lowest BCUT2D eigenvalue weighted by Gasteiger charge is -2.35. The molecular formula is C25H29N3O4. The van der Waals surface area contributed by atoms with Crippen LogP contribution in [0.5, 0.6) is 0 Å². The van der Waals surface area contributed by atoms with Crippen molar-refractivity contribution in [3.05, 3.63) is 70.8 Å². The standard InChI is InChI=1S/C25H29N3O4/c1-17-14-27(15-18(2)32-17)13-5-12-26-23(29)20-10-8-19(9-11-20)16-28-24(30)21-6-3-4-7-22(21)25(28)31/h3-4,6-11,17-18H,5,12-16H2,1-2H3,(H,26,29)/t17-,18-/m0/s1. The fourth-order valence-corrected chi connectivity index (χ4v) is 4.40. The summed E-state index contributed by atoms with van der Waals surface area (Å²) in [6.45, 7) is 7.74. The highest BCUT2D eigenvalue weighted by atomic mass is 16.5. The third-order valence-corrected chi connectivity index (χ3v) is 5.87. The Labute approximate surface area is 188 Å². The molecule has 0 aromatic heterocycles. The van der Waals surface area contributed by atoms with Crippen molar-refractivity contribution in [2.24, 2.45) is 0 Å². The largest absolute Gasteiger partial charge is 0.373 e. The fourth-order valence-electron chi connectivity index (χ4n) is 4.40. The van der Waals surface area contributed by atoms with E-state index in [0.29, 0.717) is 23.2 Å². The average molecular weight is 436 g/mol. The summed E-state index contributed by atoms with van der Waals surface area (Å²) in [5, 5.41) is 2.96. The highest BCUT2D eigenvalue weighted by Crippen LogP contribution is 2.24. The summed E-state index contributed by atoms with van der Waals surface area (Å²) in [4.78, 5) is 41.1. The quantitative estimate of drug-likeness (QED) is 0.534. The van der Waals surface area contributed by atoms with Gasteiger partial charge in [-0.15, -0.1) is 0 Å². The van der Waals surface area contributed by atoms with E-state index >= 15 is 0 Å². The fraction of sp³-hybridized carbons (Fsp3) is 0.400. The molecule has 0 saturated carbocycles. The molecule has 1 N–H and O–H groups in total. The Morgan fingerprint density at radius 3 is 2.16 bits per heavy atom. The maximum Gasteiger partial charge on any atom is 0.261 e. The van der Waals surface area contributed by atoms with Gasteiger partial charge >= 0.3 is 0 Å². The van der Waals surface area contributed by atoms with E-state index in [1.165, 1.54) is 4.90 Å². The number of rotatable bonds is 7. The van der Waals surface area contributed by atoms with Gasteiger partial charge in [0.1, 0.15) is 0 Å². The third-order valence-electron chi connectivity index (χ3n) is 5.87. The Kier molecular flexibility index (Phi) is 6.67. The Bertz CT molecular complexity index is 960. The number of hydrogen-bond donors (Lipinski definition) is 1. The van der Waals surface area contributed by atoms with E-state index in [0.717, 1.165) is 31.6 Å². The summed E-state index contributed by atoms with van der Waals surface area (Å²) in [7, 11) is 0. The molecule has 32 heavy (non-hydrogen) atoms. The number of morpholine rings is 1. The van der Waals surface area contributed by atoms with Crippen LogP contribution in [-0.2, 0) is 11.3 Å². The molecule has 2 heterocycles. The van der Waals surface area contributed by atoms with Crippen molar-refractivity contribution in [1.29, 1.82) is 0 Å². The number of carbonyl (C=O) groups excluding carboxylic acids is 3. The number of carbonyl (C=O) groups is 3. The molecule has 1 fully saturated rings. The summed E-state index contributed by atoms with van der Waals surface area (Å²) in [6.07, 6.45) is 1.36. The summed E-state index contributed by atoms with van der Waals surface area (Å²) >= 11 is 0. The van der Waals surface area contributed by atoms with Gasteiger partial charge in [-0.2, -0.15) is 0 Å². The first-order valence-corrected chi connectivity index (χ1v) is 11.1. The van der Waals surface area contributed by atoms with Gasteiger partial charge in [0, 0.05) is 31.7 Å². The number of fused-ring (bicyclic) bond motifs is 1. The van der Waals surface area contributed by atoms with Gasteiger partial charge in [0.2, 0.25) is 0 Å². The summed E-state index contributed by atoms with van der Waals surface area (Å²) in [5.74, 6) is -0.686. The summed E-state index contributed by atoms with van der Waals surface area (Å²) in [6, 6.07) is 13.9. The van der Waals surface area contributed by atoms with Crippen molar-refractivity contribution in [2.75, 3.05) is 26.2 Å². The van der Waals surface area contributed by atoms with Crippen molar-refractivity contribution in [3.8, 4) is 0 Å². The lowest BCUT2D eigenvalue weighted by Crippen LogP contribution is -2.46. The minimum atomic E-state index is -0.281. The molecule has 1 saturated heterocycles. The molecular weight excluding hydrogens is 406 g/mol. The molecule has 2 atom stereocenters. The van der Waals surface area contributed by atoms with E-state index in [2.05, 4.69) is 24.1 Å². The van der Waals surface area contributed by atoms with E-state index in [9.17, 15) is 14.4 Å². The Hall–Kier alpha value is -3.03. The van der Waals surface area contributed by atoms with Crippen LogP contribution in [0.15, 0.2) is 48.5 Å². The first kappa shape index (κ1) is 22.2. The van der Waals surface area contributed by atoms with Gasteiger partial charge < -0.3 is 10.1 Å². The lowest BCUT2D eigenvalue weighted by atomic mass is 10.1. The molecule has 3 amide bonds. The molecule has 4 rings (SSSR count). The highest BCUT2D eigenvalue weighted by molar-refractivity contribution is 6.21. The van der Waals surface area contributed by atoms with Crippen molar-refractivity contribution < 1.29 is 19.1 Å². The lowest BCUT2D eigenvalue weighted by molar-refractivity contribution is -0.0680. The van der Waals surface area contributed by atoms with Crippen LogP contribution < -0.4 is 5.32 Å². The molecule has 0 spiro atoms. The maximum atomic E-state index is 12.5. The average Bonchev–Trinajstić information content (AvgIpc) is 3.01.